The SMILES string of the molecule is CCCCC(CC)COC(=O)C1C=C(c2ccccc2)C=CC1=O. The first-order chi connectivity index (χ1) is 11.7. The maximum atomic E-state index is 12.4. The Morgan fingerprint density at radius 1 is 1.17 bits per heavy atom. The van der Waals surface area contributed by atoms with Gasteiger partial charge in [-0.2, -0.15) is 0 Å². The molecule has 2 atom stereocenters. The Morgan fingerprint density at radius 3 is 2.58 bits per heavy atom. The van der Waals surface area contributed by atoms with Gasteiger partial charge in [0.25, 0.3) is 0 Å². The lowest BCUT2D eigenvalue weighted by molar-refractivity contribution is -0.150. The van der Waals surface area contributed by atoms with Crippen LogP contribution < -0.4 is 0 Å². The van der Waals surface area contributed by atoms with Crippen LogP contribution in [0.5, 0.6) is 0 Å². The standard InChI is InChI=1S/C21H26O3/c1-3-5-9-16(4-2)15-24-21(23)19-14-18(12-13-20(19)22)17-10-7-6-8-11-17/h6-8,10-14,16,19H,3-5,9,15H2,1-2H3. The fraction of sp³-hybridized carbons (Fsp3) is 0.429. The minimum Gasteiger partial charge on any atom is -0.465 e. The van der Waals surface area contributed by atoms with Gasteiger partial charge in [-0.3, -0.25) is 9.59 Å². The van der Waals surface area contributed by atoms with E-state index in [1.165, 1.54) is 6.08 Å². The molecule has 0 saturated heterocycles. The van der Waals surface area contributed by atoms with Gasteiger partial charge in [0.05, 0.1) is 6.61 Å². The molecule has 0 amide bonds. The van der Waals surface area contributed by atoms with Crippen molar-refractivity contribution >= 4 is 17.3 Å². The number of ether oxygens (including phenoxy) is 1. The maximum absolute atomic E-state index is 12.4. The van der Waals surface area contributed by atoms with Crippen LogP contribution in [-0.2, 0) is 14.3 Å². The Balaban J connectivity index is 2.01. The quantitative estimate of drug-likeness (QED) is 0.518. The number of ketones is 1. The van der Waals surface area contributed by atoms with Gasteiger partial charge in [0.2, 0.25) is 0 Å². The highest BCUT2D eigenvalue weighted by Gasteiger charge is 2.27. The summed E-state index contributed by atoms with van der Waals surface area (Å²) in [6.45, 7) is 4.66. The third-order valence-electron chi connectivity index (χ3n) is 4.45. The minimum atomic E-state index is -0.825. The van der Waals surface area contributed by atoms with Crippen LogP contribution in [0.1, 0.15) is 45.1 Å². The molecule has 0 radical (unpaired) electrons. The van der Waals surface area contributed by atoms with Crippen molar-refractivity contribution in [2.75, 3.05) is 6.61 Å². The molecule has 2 rings (SSSR count). The Kier molecular flexibility index (Phi) is 6.98. The third-order valence-corrected chi connectivity index (χ3v) is 4.45. The Hall–Kier alpha value is -2.16. The number of hydrogen-bond acceptors (Lipinski definition) is 3. The third kappa shape index (κ3) is 4.92. The number of allylic oxidation sites excluding steroid dienone is 3. The van der Waals surface area contributed by atoms with E-state index >= 15 is 0 Å². The molecule has 0 aromatic heterocycles. The normalized spacial score (nSPS) is 18.2. The van der Waals surface area contributed by atoms with E-state index in [1.54, 1.807) is 12.2 Å². The van der Waals surface area contributed by atoms with Crippen molar-refractivity contribution in [3.63, 3.8) is 0 Å². The van der Waals surface area contributed by atoms with Crippen LogP contribution >= 0.6 is 0 Å². The Bertz CT molecular complexity index is 613. The second-order valence-corrected chi connectivity index (χ2v) is 6.25. The topological polar surface area (TPSA) is 43.4 Å². The highest BCUT2D eigenvalue weighted by molar-refractivity contribution is 6.10. The molecule has 0 heterocycles. The maximum Gasteiger partial charge on any atom is 0.320 e. The fourth-order valence-corrected chi connectivity index (χ4v) is 2.79. The molecular formula is C21H26O3. The van der Waals surface area contributed by atoms with Crippen molar-refractivity contribution in [1.82, 2.24) is 0 Å². The molecule has 1 aliphatic carbocycles. The Labute approximate surface area is 144 Å². The van der Waals surface area contributed by atoms with Gasteiger partial charge in [-0.15, -0.1) is 0 Å². The largest absolute Gasteiger partial charge is 0.465 e. The van der Waals surface area contributed by atoms with E-state index in [0.29, 0.717) is 12.5 Å². The second-order valence-electron chi connectivity index (χ2n) is 6.25. The van der Waals surface area contributed by atoms with E-state index in [2.05, 4.69) is 13.8 Å². The van der Waals surface area contributed by atoms with Gasteiger partial charge in [0, 0.05) is 0 Å². The molecule has 2 unspecified atom stereocenters. The smallest absolute Gasteiger partial charge is 0.320 e. The van der Waals surface area contributed by atoms with Crippen LogP contribution in [0.25, 0.3) is 5.57 Å². The van der Waals surface area contributed by atoms with E-state index < -0.39 is 11.9 Å². The van der Waals surface area contributed by atoms with Gasteiger partial charge in [0.1, 0.15) is 5.92 Å². The fourth-order valence-electron chi connectivity index (χ4n) is 2.79. The average molecular weight is 326 g/mol. The summed E-state index contributed by atoms with van der Waals surface area (Å²) in [6, 6.07) is 9.74. The molecule has 24 heavy (non-hydrogen) atoms. The Morgan fingerprint density at radius 2 is 1.92 bits per heavy atom. The molecule has 0 bridgehead atoms. The van der Waals surface area contributed by atoms with Crippen molar-refractivity contribution in [3.05, 3.63) is 54.1 Å². The molecule has 1 aliphatic rings. The van der Waals surface area contributed by atoms with E-state index in [0.717, 1.165) is 36.8 Å². The van der Waals surface area contributed by atoms with Crippen molar-refractivity contribution in [2.24, 2.45) is 11.8 Å². The lowest BCUT2D eigenvalue weighted by Crippen LogP contribution is -2.27. The van der Waals surface area contributed by atoms with Gasteiger partial charge in [-0.1, -0.05) is 75.6 Å². The summed E-state index contributed by atoms with van der Waals surface area (Å²) in [7, 11) is 0. The molecular weight excluding hydrogens is 300 g/mol. The van der Waals surface area contributed by atoms with Gasteiger partial charge in [-0.05, 0) is 29.6 Å². The van der Waals surface area contributed by atoms with Crippen LogP contribution in [0.15, 0.2) is 48.6 Å². The summed E-state index contributed by atoms with van der Waals surface area (Å²) < 4.78 is 5.45. The molecule has 128 valence electrons. The van der Waals surface area contributed by atoms with E-state index in [9.17, 15) is 9.59 Å². The van der Waals surface area contributed by atoms with Gasteiger partial charge in [0.15, 0.2) is 5.78 Å². The summed E-state index contributed by atoms with van der Waals surface area (Å²) in [6.07, 6.45) is 9.27. The lowest BCUT2D eigenvalue weighted by Gasteiger charge is -2.18. The molecule has 0 fully saturated rings. The molecule has 0 saturated carbocycles. The minimum absolute atomic E-state index is 0.207. The van der Waals surface area contributed by atoms with Gasteiger partial charge in [-0.25, -0.2) is 0 Å². The van der Waals surface area contributed by atoms with Crippen LogP contribution in [0.2, 0.25) is 0 Å². The number of rotatable bonds is 8. The molecule has 0 N–H and O–H groups in total. The zero-order valence-corrected chi connectivity index (χ0v) is 14.5. The van der Waals surface area contributed by atoms with E-state index in [4.69, 9.17) is 4.74 Å². The van der Waals surface area contributed by atoms with Crippen LogP contribution in [0.3, 0.4) is 0 Å². The van der Waals surface area contributed by atoms with E-state index in [1.807, 2.05) is 30.3 Å². The molecule has 3 nitrogen and oxygen atoms in total. The highest BCUT2D eigenvalue weighted by Crippen LogP contribution is 2.24. The number of benzene rings is 1. The average Bonchev–Trinajstić information content (AvgIpc) is 2.63. The summed E-state index contributed by atoms with van der Waals surface area (Å²) in [5, 5.41) is 0. The number of unbranched alkanes of at least 4 members (excludes halogenated alkanes) is 1. The van der Waals surface area contributed by atoms with Crippen molar-refractivity contribution < 1.29 is 14.3 Å². The molecule has 0 spiro atoms. The van der Waals surface area contributed by atoms with Crippen LogP contribution in [-0.4, -0.2) is 18.4 Å². The monoisotopic (exact) mass is 326 g/mol. The zero-order chi connectivity index (χ0) is 17.4. The van der Waals surface area contributed by atoms with Crippen molar-refractivity contribution in [3.8, 4) is 0 Å². The predicted octanol–water partition coefficient (Wildman–Crippen LogP) is 4.58. The molecule has 3 heteroatoms. The predicted molar refractivity (Wildman–Crippen MR) is 96.3 cm³/mol. The number of carbonyl (C=O) groups excluding carboxylic acids is 2. The summed E-state index contributed by atoms with van der Waals surface area (Å²) in [4.78, 5) is 24.4. The summed E-state index contributed by atoms with van der Waals surface area (Å²) in [5.41, 5.74) is 1.88. The number of esters is 1. The van der Waals surface area contributed by atoms with Crippen LogP contribution in [0.4, 0.5) is 0 Å². The van der Waals surface area contributed by atoms with Crippen LogP contribution in [0, 0.1) is 11.8 Å². The van der Waals surface area contributed by atoms with Gasteiger partial charge >= 0.3 is 5.97 Å². The van der Waals surface area contributed by atoms with Crippen molar-refractivity contribution in [1.29, 1.82) is 0 Å². The van der Waals surface area contributed by atoms with E-state index in [-0.39, 0.29) is 5.78 Å². The highest BCUT2D eigenvalue weighted by atomic mass is 16.5. The molecule has 1 aromatic rings. The van der Waals surface area contributed by atoms with Gasteiger partial charge < -0.3 is 4.74 Å². The van der Waals surface area contributed by atoms with Crippen molar-refractivity contribution in [2.45, 2.75) is 39.5 Å². The lowest BCUT2D eigenvalue weighted by atomic mass is 9.91. The molecule has 1 aromatic carbocycles. The molecule has 0 aliphatic heterocycles. The summed E-state index contributed by atoms with van der Waals surface area (Å²) in [5.74, 6) is -1.09. The summed E-state index contributed by atoms with van der Waals surface area (Å²) >= 11 is 0. The second kappa shape index (κ2) is 9.21. The number of carbonyl (C=O) groups is 2. The first kappa shape index (κ1) is 18.2. The zero-order valence-electron chi connectivity index (χ0n) is 14.5. The first-order valence-corrected chi connectivity index (χ1v) is 8.81. The first-order valence-electron chi connectivity index (χ1n) is 8.81. The number of hydrogen-bond donors (Lipinski definition) is 0.